The molecule has 0 aliphatic rings. The predicted molar refractivity (Wildman–Crippen MR) is 420 cm³/mol. The first kappa shape index (κ1) is 86.2. The summed E-state index contributed by atoms with van der Waals surface area (Å²) in [6.45, 7) is 10.4. The van der Waals surface area contributed by atoms with Gasteiger partial charge in [-0.15, -0.1) is 0 Å². The maximum absolute atomic E-state index is 10.7. The second-order valence-electron chi connectivity index (χ2n) is 22.3. The molecule has 12 nitrogen and oxygen atoms in total. The summed E-state index contributed by atoms with van der Waals surface area (Å²) in [5, 5.41) is 48.2. The van der Waals surface area contributed by atoms with Gasteiger partial charge in [0.2, 0.25) is 0 Å². The van der Waals surface area contributed by atoms with Crippen LogP contribution >= 0.6 is 139 Å². The van der Waals surface area contributed by atoms with Gasteiger partial charge in [0.05, 0.1) is 43.6 Å². The first-order valence-corrected chi connectivity index (χ1v) is 36.9. The molecular formula is C69H100I4N4O8S4. The topological polar surface area (TPSA) is 197 Å². The van der Waals surface area contributed by atoms with Crippen molar-refractivity contribution in [2.75, 3.05) is 26.2 Å². The summed E-state index contributed by atoms with van der Waals surface area (Å²) in [6.07, 6.45) is 22.6. The van der Waals surface area contributed by atoms with Crippen molar-refractivity contribution in [3.05, 3.63) is 134 Å². The van der Waals surface area contributed by atoms with Crippen LogP contribution in [0.25, 0.3) is 0 Å². The maximum atomic E-state index is 10.7. The molecule has 0 saturated carbocycles. The molecule has 0 saturated heterocycles. The van der Waals surface area contributed by atoms with Crippen molar-refractivity contribution in [1.29, 1.82) is 0 Å². The van der Waals surface area contributed by atoms with E-state index in [0.29, 0.717) is 0 Å². The minimum absolute atomic E-state index is 0. The number of hydrogen-bond acceptors (Lipinski definition) is 8. The van der Waals surface area contributed by atoms with Gasteiger partial charge in [-0.3, -0.25) is 19.2 Å². The normalized spacial score (nSPS) is 11.8. The highest BCUT2D eigenvalue weighted by atomic mass is 131. The molecule has 0 bridgehead atoms. The molecule has 0 aliphatic heterocycles. The minimum Gasteiger partial charge on any atom is -0.481 e. The van der Waals surface area contributed by atoms with Gasteiger partial charge in [0, 0.05) is 40.5 Å². The highest BCUT2D eigenvalue weighted by Gasteiger charge is 2.13. The maximum Gasteiger partial charge on any atom is 0.306 e. The Morgan fingerprint density at radius 1 is 0.427 bits per heavy atom. The average molecular weight is 1740 g/mol. The number of benzene rings is 4. The van der Waals surface area contributed by atoms with Crippen LogP contribution in [-0.2, 0) is 44.9 Å². The van der Waals surface area contributed by atoms with Gasteiger partial charge in [-0.25, -0.2) is 0 Å². The Balaban J connectivity index is 0.00000116. The fourth-order valence-electron chi connectivity index (χ4n) is 8.48. The molecule has 0 aromatic heterocycles. The van der Waals surface area contributed by atoms with Crippen LogP contribution in [0.1, 0.15) is 186 Å². The average Bonchev–Trinajstić information content (AvgIpc) is 3.52. The molecule has 0 fully saturated rings. The molecule has 0 aliphatic carbocycles. The number of carbonyl (C=O) groups is 4. The van der Waals surface area contributed by atoms with Gasteiger partial charge in [-0.1, -0.05) is 158 Å². The van der Waals surface area contributed by atoms with Gasteiger partial charge in [0.1, 0.15) is 0 Å². The second kappa shape index (κ2) is 54.6. The van der Waals surface area contributed by atoms with Gasteiger partial charge >= 0.3 is 23.9 Å². The quantitative estimate of drug-likeness (QED) is 0.0119. The highest BCUT2D eigenvalue weighted by Crippen LogP contribution is 2.16. The molecule has 0 unspecified atom stereocenters. The molecule has 496 valence electrons. The number of carboxylic acid groups (broad SMARTS) is 4. The van der Waals surface area contributed by atoms with Crippen LogP contribution in [0, 0.1) is 38.0 Å². The summed E-state index contributed by atoms with van der Waals surface area (Å²) in [5.41, 5.74) is 5.41. The Bertz CT molecular complexity index is 2260. The molecular weight excluding hydrogens is 1640 g/mol. The van der Waals surface area contributed by atoms with E-state index >= 15 is 0 Å². The third-order valence-electron chi connectivity index (χ3n) is 14.4. The van der Waals surface area contributed by atoms with E-state index in [1.807, 2.05) is 0 Å². The Morgan fingerprint density at radius 3 is 0.921 bits per heavy atom. The lowest BCUT2D eigenvalue weighted by Crippen LogP contribution is -2.22. The summed E-state index contributed by atoms with van der Waals surface area (Å²) in [4.78, 5) is 46.4. The van der Waals surface area contributed by atoms with Gasteiger partial charge in [0.25, 0.3) is 0 Å². The summed E-state index contributed by atoms with van der Waals surface area (Å²) in [7, 11) is 0. The van der Waals surface area contributed by atoms with E-state index in [-0.39, 0.29) is 31.1 Å². The van der Waals surface area contributed by atoms with Gasteiger partial charge < -0.3 is 41.7 Å². The van der Waals surface area contributed by atoms with Crippen molar-refractivity contribution in [2.24, 2.45) is 23.7 Å². The number of nitrogens with one attached hydrogen (secondary N) is 4. The van der Waals surface area contributed by atoms with Crippen molar-refractivity contribution in [1.82, 2.24) is 21.3 Å². The summed E-state index contributed by atoms with van der Waals surface area (Å²) in [5.74, 6) is -3.83. The molecule has 4 rings (SSSR count). The van der Waals surface area contributed by atoms with Crippen molar-refractivity contribution in [2.45, 2.75) is 189 Å². The summed E-state index contributed by atoms with van der Waals surface area (Å²) < 4.78 is 5.04. The fraction of sp³-hybridized carbons (Fsp3) is 0.536. The van der Waals surface area contributed by atoms with Crippen LogP contribution in [0.2, 0.25) is 0 Å². The number of hydrogen-bond donors (Lipinski definition) is 8. The number of unbranched alkanes of at least 4 members (excludes halogenated alkanes) is 4. The van der Waals surface area contributed by atoms with Crippen LogP contribution in [0.4, 0.5) is 0 Å². The number of halogens is 4. The van der Waals surface area contributed by atoms with Crippen LogP contribution in [0.15, 0.2) is 97.1 Å². The molecule has 0 heterocycles. The number of rotatable bonds is 40. The Hall–Kier alpha value is -2.76. The van der Waals surface area contributed by atoms with E-state index in [1.54, 1.807) is 27.7 Å². The molecule has 8 N–H and O–H groups in total. The Morgan fingerprint density at radius 2 is 0.663 bits per heavy atom. The zero-order chi connectivity index (χ0) is 65.5. The van der Waals surface area contributed by atoms with E-state index in [1.165, 1.54) is 36.5 Å². The summed E-state index contributed by atoms with van der Waals surface area (Å²) in [6, 6.07) is 34.4. The number of carboxylic acids is 4. The molecule has 4 aromatic rings. The lowest BCUT2D eigenvalue weighted by molar-refractivity contribution is -0.142. The Kier molecular flexibility index (Phi) is 52.9. The Labute approximate surface area is 610 Å². The molecule has 0 radical (unpaired) electrons. The lowest BCUT2D eigenvalue weighted by atomic mass is 10.0. The van der Waals surface area contributed by atoms with Gasteiger partial charge in [0.15, 0.2) is 0 Å². The zero-order valence-corrected chi connectivity index (χ0v) is 63.8. The zero-order valence-electron chi connectivity index (χ0n) is 51.9. The molecule has 4 aromatic carbocycles. The largest absolute Gasteiger partial charge is 0.481 e. The summed E-state index contributed by atoms with van der Waals surface area (Å²) >= 11 is 30.5. The first-order valence-electron chi connectivity index (χ1n) is 30.9. The van der Waals surface area contributed by atoms with Crippen molar-refractivity contribution < 1.29 is 39.6 Å². The number of thiocarbonyl (C=S) groups is 4. The van der Waals surface area contributed by atoms with E-state index in [0.717, 1.165) is 200 Å². The van der Waals surface area contributed by atoms with Crippen molar-refractivity contribution in [3.63, 3.8) is 0 Å². The van der Waals surface area contributed by atoms with Crippen LogP contribution in [0.3, 0.4) is 0 Å². The number of aliphatic carboxylic acids is 4. The third kappa shape index (κ3) is 49.5. The molecule has 0 spiro atoms. The smallest absolute Gasteiger partial charge is 0.306 e. The SMILES string of the molecule is C.C[C@@H](CCCCNC(=S)CCCc1ccc([123I])cc1)C(=O)O.C[C@@H](CCCCNC(=S)CCCc1ccc([124I])cc1)C(=O)O.C[C@@H](CCCCNC(=S)CCCc1ccc([125I])cc1)C(=O)O.C[C@@H](CCCCNC(=S)CCCc1ccc([131I])cc1)C(=O)O. The predicted octanol–water partition coefficient (Wildman–Crippen LogP) is 18.3. The molecule has 4 atom stereocenters. The van der Waals surface area contributed by atoms with Crippen molar-refractivity contribution >= 4 is 183 Å². The second-order valence-corrected chi connectivity index (χ2v) is 29.2. The first-order chi connectivity index (χ1) is 41.9. The van der Waals surface area contributed by atoms with Gasteiger partial charge in [-0.05, 0) is 290 Å². The molecule has 0 amide bonds. The standard InChI is InChI=1S/4C17H24INO2S.CH4/c4*1-13(17(20)21)5-2-3-12-19-16(22)7-4-6-14-8-10-15(18)11-9-14;/h4*8-11,13H,2-7,12H2,1H3,(H,19,22)(H,20,21);1H4/t4*13-;/m0000./s1/i18+4;18-2;18-3;18-4;. The minimum atomic E-state index is -0.709. The number of aryl methyl sites for hydroxylation is 4. The van der Waals surface area contributed by atoms with E-state index in [9.17, 15) is 19.2 Å². The van der Waals surface area contributed by atoms with Crippen LogP contribution < -0.4 is 21.3 Å². The fourth-order valence-corrected chi connectivity index (χ4v) is 10.9. The lowest BCUT2D eigenvalue weighted by Gasteiger charge is -2.09. The van der Waals surface area contributed by atoms with E-state index in [2.05, 4.69) is 209 Å². The monoisotopic (exact) mass is 1740 g/mol. The highest BCUT2D eigenvalue weighted by molar-refractivity contribution is 14.1. The van der Waals surface area contributed by atoms with Crippen LogP contribution in [0.5, 0.6) is 0 Å². The third-order valence-corrected chi connectivity index (χ3v) is 18.6. The molecule has 20 heteroatoms. The van der Waals surface area contributed by atoms with Crippen molar-refractivity contribution in [3.8, 4) is 0 Å². The molecule has 89 heavy (non-hydrogen) atoms. The van der Waals surface area contributed by atoms with E-state index < -0.39 is 23.9 Å². The van der Waals surface area contributed by atoms with Crippen LogP contribution in [-0.4, -0.2) is 90.4 Å². The van der Waals surface area contributed by atoms with E-state index in [4.69, 9.17) is 69.3 Å². The van der Waals surface area contributed by atoms with Gasteiger partial charge in [-0.2, -0.15) is 0 Å².